The van der Waals surface area contributed by atoms with Crippen LogP contribution in [0.3, 0.4) is 0 Å². The van der Waals surface area contributed by atoms with Crippen molar-refractivity contribution >= 4 is 85.4 Å². The first-order valence-corrected chi connectivity index (χ1v) is 29.4. The minimum atomic E-state index is -4.73. The number of alkyl halides is 1. The van der Waals surface area contributed by atoms with Gasteiger partial charge in [-0.1, -0.05) is 60.8 Å². The molecule has 2 aliphatic heterocycles. The number of nitrogens with one attached hydrogen (secondary N) is 1. The number of fused-ring (bicyclic) bond motifs is 1. The first-order valence-electron chi connectivity index (χ1n) is 27.2. The SMILES string of the molecule is CC1(C)CCC(CN2CCN(c3ccc(C(=O)NS(=O)(=O)c4cnc(OCC5(F)CCOCC5)c(Cl)c4)c(Oc4cccc5c4c(N(C(=O)OC(C)(C)C)C(=O)OC(C)(C)C)nn5C(=O)OC(C)(C)C)c3)CC2)=C(c2ccc(Cl)cc2)C1. The Balaban J connectivity index is 1.17. The number of carbonyl (C=O) groups excluding carboxylic acids is 4. The maximum Gasteiger partial charge on any atom is 0.435 e. The zero-order chi connectivity index (χ0) is 59.7. The van der Waals surface area contributed by atoms with Crippen LogP contribution in [0.4, 0.5) is 30.3 Å². The van der Waals surface area contributed by atoms with Crippen molar-refractivity contribution in [3.05, 3.63) is 99.7 Å². The van der Waals surface area contributed by atoms with Crippen LogP contribution in [0.1, 0.15) is 124 Å². The molecule has 0 spiro atoms. The van der Waals surface area contributed by atoms with Crippen molar-refractivity contribution in [1.82, 2.24) is 24.4 Å². The van der Waals surface area contributed by atoms with Crippen molar-refractivity contribution < 1.29 is 60.4 Å². The predicted molar refractivity (Wildman–Crippen MR) is 311 cm³/mol. The van der Waals surface area contributed by atoms with Crippen molar-refractivity contribution in [3.8, 4) is 17.4 Å². The number of sulfonamides is 1. The van der Waals surface area contributed by atoms with E-state index in [4.69, 9.17) is 51.6 Å². The fraction of sp³-hybridized carbons (Fsp3) is 0.492. The van der Waals surface area contributed by atoms with Crippen LogP contribution in [0.2, 0.25) is 10.0 Å². The fourth-order valence-electron chi connectivity index (χ4n) is 9.64. The van der Waals surface area contributed by atoms with E-state index in [0.29, 0.717) is 41.8 Å². The smallest absolute Gasteiger partial charge is 0.435 e. The van der Waals surface area contributed by atoms with Crippen LogP contribution in [0.5, 0.6) is 17.4 Å². The molecule has 1 N–H and O–H groups in total. The maximum atomic E-state index is 15.3. The van der Waals surface area contributed by atoms with Gasteiger partial charge in [0.1, 0.15) is 50.5 Å². The summed E-state index contributed by atoms with van der Waals surface area (Å²) in [5.74, 6) is -2.11. The van der Waals surface area contributed by atoms with Crippen LogP contribution >= 0.6 is 23.2 Å². The Hall–Kier alpha value is -6.52. The zero-order valence-electron chi connectivity index (χ0n) is 48.2. The zero-order valence-corrected chi connectivity index (χ0v) is 50.6. The summed E-state index contributed by atoms with van der Waals surface area (Å²) in [6, 6.07) is 18.2. The molecule has 3 amide bonds. The number of hydrogen-bond donors (Lipinski definition) is 1. The summed E-state index contributed by atoms with van der Waals surface area (Å²) in [6.07, 6.45) is 0.698. The summed E-state index contributed by atoms with van der Waals surface area (Å²) in [7, 11) is -4.73. The van der Waals surface area contributed by atoms with E-state index in [1.54, 1.807) is 74.4 Å². The third-order valence-electron chi connectivity index (χ3n) is 13.7. The summed E-state index contributed by atoms with van der Waals surface area (Å²) in [6.45, 7) is 22.5. The van der Waals surface area contributed by atoms with Crippen LogP contribution < -0.4 is 24.0 Å². The Kier molecular flexibility index (Phi) is 18.0. The molecule has 0 radical (unpaired) electrons. The van der Waals surface area contributed by atoms with Crippen LogP contribution in [-0.2, 0) is 29.0 Å². The van der Waals surface area contributed by atoms with Crippen LogP contribution in [0, 0.1) is 5.41 Å². The highest BCUT2D eigenvalue weighted by molar-refractivity contribution is 7.90. The first kappa shape index (κ1) is 61.5. The molecule has 0 atom stereocenters. The van der Waals surface area contributed by atoms with Gasteiger partial charge in [0, 0.05) is 75.6 Å². The number of allylic oxidation sites excluding steroid dienone is 1. The molecular formula is C59H72Cl2FN7O12S. The highest BCUT2D eigenvalue weighted by atomic mass is 35.5. The number of carbonyl (C=O) groups is 4. The molecule has 23 heteroatoms. The van der Waals surface area contributed by atoms with Crippen LogP contribution in [0.25, 0.3) is 16.5 Å². The van der Waals surface area contributed by atoms with E-state index >= 15 is 4.39 Å². The summed E-state index contributed by atoms with van der Waals surface area (Å²) in [4.78, 5) is 65.7. The molecule has 4 heterocycles. The molecule has 442 valence electrons. The first-order chi connectivity index (χ1) is 38.3. The molecule has 0 bridgehead atoms. The summed E-state index contributed by atoms with van der Waals surface area (Å²) in [5.41, 5.74) is -0.625. The minimum Gasteiger partial charge on any atom is -0.473 e. The highest BCUT2D eigenvalue weighted by Gasteiger charge is 2.39. The monoisotopic (exact) mass is 1190 g/mol. The molecule has 2 saturated heterocycles. The van der Waals surface area contributed by atoms with Crippen molar-refractivity contribution in [2.45, 2.75) is 136 Å². The molecule has 0 unspecified atom stereocenters. The fourth-order valence-corrected chi connectivity index (χ4v) is 11.0. The second-order valence-electron chi connectivity index (χ2n) is 24.6. The van der Waals surface area contributed by atoms with Crippen molar-refractivity contribution in [2.24, 2.45) is 5.41 Å². The average molecular weight is 1190 g/mol. The number of nitrogens with zero attached hydrogens (tertiary/aromatic N) is 6. The number of ether oxygens (including phenoxy) is 6. The number of piperazine rings is 1. The van der Waals surface area contributed by atoms with Gasteiger partial charge in [0.25, 0.3) is 15.9 Å². The summed E-state index contributed by atoms with van der Waals surface area (Å²) < 4.78 is 81.2. The van der Waals surface area contributed by atoms with E-state index in [1.807, 2.05) is 12.1 Å². The van der Waals surface area contributed by atoms with E-state index in [0.717, 1.165) is 42.8 Å². The molecule has 2 fully saturated rings. The number of aromatic nitrogens is 3. The topological polar surface area (TPSA) is 210 Å². The molecule has 0 saturated carbocycles. The lowest BCUT2D eigenvalue weighted by Gasteiger charge is -2.39. The number of imide groups is 1. The number of rotatable bonds is 13. The van der Waals surface area contributed by atoms with Gasteiger partial charge in [0.05, 0.1) is 22.7 Å². The van der Waals surface area contributed by atoms with Gasteiger partial charge in [-0.2, -0.15) is 9.58 Å². The van der Waals surface area contributed by atoms with E-state index in [2.05, 4.69) is 50.6 Å². The summed E-state index contributed by atoms with van der Waals surface area (Å²) in [5, 5.41) is 4.84. The van der Waals surface area contributed by atoms with E-state index < -0.39 is 67.4 Å². The van der Waals surface area contributed by atoms with Crippen molar-refractivity contribution in [1.29, 1.82) is 0 Å². The number of hydrogen-bond acceptors (Lipinski definition) is 16. The second-order valence-corrected chi connectivity index (χ2v) is 27.1. The Morgan fingerprint density at radius 2 is 1.44 bits per heavy atom. The van der Waals surface area contributed by atoms with Crippen LogP contribution in [0.15, 0.2) is 83.4 Å². The molecule has 5 aromatic rings. The molecule has 19 nitrogen and oxygen atoms in total. The highest BCUT2D eigenvalue weighted by Crippen LogP contribution is 2.44. The molecule has 82 heavy (non-hydrogen) atoms. The number of anilines is 2. The number of amides is 3. The van der Waals surface area contributed by atoms with Gasteiger partial charge in [-0.25, -0.2) is 36.9 Å². The molecule has 3 aromatic carbocycles. The largest absolute Gasteiger partial charge is 0.473 e. The lowest BCUT2D eigenvalue weighted by Crippen LogP contribution is -2.47. The Morgan fingerprint density at radius 1 is 0.805 bits per heavy atom. The number of halogens is 3. The number of pyridine rings is 1. The number of benzene rings is 3. The predicted octanol–water partition coefficient (Wildman–Crippen LogP) is 12.8. The quantitative estimate of drug-likeness (QED) is 0.109. The normalized spacial score (nSPS) is 17.0. The van der Waals surface area contributed by atoms with Gasteiger partial charge >= 0.3 is 18.3 Å². The third kappa shape index (κ3) is 15.4. The van der Waals surface area contributed by atoms with E-state index in [1.165, 1.54) is 41.0 Å². The maximum absolute atomic E-state index is 15.3. The lowest BCUT2D eigenvalue weighted by atomic mass is 9.72. The van der Waals surface area contributed by atoms with Gasteiger partial charge in [0.2, 0.25) is 5.88 Å². The third-order valence-corrected chi connectivity index (χ3v) is 15.5. The van der Waals surface area contributed by atoms with Crippen molar-refractivity contribution in [3.63, 3.8) is 0 Å². The lowest BCUT2D eigenvalue weighted by molar-refractivity contribution is -0.0331. The van der Waals surface area contributed by atoms with Crippen molar-refractivity contribution in [2.75, 3.05) is 62.3 Å². The molecular weight excluding hydrogens is 1120 g/mol. The molecule has 1 aliphatic carbocycles. The van der Waals surface area contributed by atoms with E-state index in [9.17, 15) is 27.6 Å². The Bertz CT molecular complexity index is 3350. The Morgan fingerprint density at radius 3 is 2.05 bits per heavy atom. The summed E-state index contributed by atoms with van der Waals surface area (Å²) >= 11 is 12.8. The molecule has 2 aromatic heterocycles. The van der Waals surface area contributed by atoms with Gasteiger partial charge in [-0.3, -0.25) is 9.69 Å². The van der Waals surface area contributed by atoms with Gasteiger partial charge in [-0.15, -0.1) is 5.10 Å². The van der Waals surface area contributed by atoms with Gasteiger partial charge in [0.15, 0.2) is 5.82 Å². The van der Waals surface area contributed by atoms with Crippen LogP contribution in [-0.4, -0.2) is 127 Å². The second kappa shape index (κ2) is 24.0. The van der Waals surface area contributed by atoms with Gasteiger partial charge < -0.3 is 33.3 Å². The van der Waals surface area contributed by atoms with Gasteiger partial charge in [-0.05, 0) is 141 Å². The molecule has 3 aliphatic rings. The Labute approximate surface area is 488 Å². The average Bonchev–Trinajstić information content (AvgIpc) is 2.68. The van der Waals surface area contributed by atoms with E-state index in [-0.39, 0.29) is 76.9 Å². The minimum absolute atomic E-state index is 0.00170. The molecule has 8 rings (SSSR count). The standard InChI is InChI=1S/C59H72Cl2FN7O12S/c1-55(2,3)79-52(71)68(53(72)80-56(4,5)6)49-48-45(69(64-49)54(73)81-57(7,8)9)13-12-14-46(48)78-47-31-40(67-27-25-66(26-28-67)35-38-21-22-58(10,11)33-43(38)37-15-17-39(60)18-16-37)19-20-42(47)50(70)65-82(74,75)41-32-44(61)51(63-34-41)77-36-59(62)23-29-76-30-24-59/h12-20,31-32,34H,21-30,33,35-36H2,1-11H3,(H,65,70).